The van der Waals surface area contributed by atoms with Crippen LogP contribution in [0, 0.1) is 0 Å². The number of thiophene rings is 1. The van der Waals surface area contributed by atoms with Gasteiger partial charge in [-0.3, -0.25) is 4.79 Å². The number of benzene rings is 1. The van der Waals surface area contributed by atoms with Crippen LogP contribution < -0.4 is 0 Å². The van der Waals surface area contributed by atoms with Gasteiger partial charge in [0.25, 0.3) is 5.91 Å². The van der Waals surface area contributed by atoms with Gasteiger partial charge < -0.3 is 14.6 Å². The Balaban J connectivity index is 1.48. The Hall–Kier alpha value is -2.11. The van der Waals surface area contributed by atoms with E-state index >= 15 is 0 Å². The summed E-state index contributed by atoms with van der Waals surface area (Å²) in [4.78, 5) is 20.4. The van der Waals surface area contributed by atoms with Crippen LogP contribution in [0.3, 0.4) is 0 Å². The Morgan fingerprint density at radius 3 is 2.93 bits per heavy atom. The second-order valence-corrected chi connectivity index (χ2v) is 8.52. The van der Waals surface area contributed by atoms with E-state index in [1.807, 2.05) is 17.0 Å². The largest absolute Gasteiger partial charge is 0.373 e. The number of amides is 1. The predicted octanol–water partition coefficient (Wildman–Crippen LogP) is 5.17. The molecule has 5 heteroatoms. The van der Waals surface area contributed by atoms with Crippen molar-refractivity contribution in [3.63, 3.8) is 0 Å². The Labute approximate surface area is 164 Å². The molecule has 0 bridgehead atoms. The first kappa shape index (κ1) is 18.3. The Morgan fingerprint density at radius 1 is 1.30 bits per heavy atom. The van der Waals surface area contributed by atoms with E-state index in [0.717, 1.165) is 36.3 Å². The van der Waals surface area contributed by atoms with Crippen molar-refractivity contribution < 1.29 is 9.53 Å². The first-order valence-electron chi connectivity index (χ1n) is 9.71. The van der Waals surface area contributed by atoms with Gasteiger partial charge in [-0.1, -0.05) is 18.2 Å². The third kappa shape index (κ3) is 3.80. The monoisotopic (exact) mass is 382 g/mol. The lowest BCUT2D eigenvalue weighted by molar-refractivity contribution is 0.0713. The van der Waals surface area contributed by atoms with Crippen molar-refractivity contribution in [2.24, 2.45) is 0 Å². The molecule has 1 aliphatic heterocycles. The molecule has 1 atom stereocenters. The SMILES string of the molecule is CC(C)N(CCc1c[nH]c2ccccc12)C(=O)c1ccc(C2CCCO2)s1. The maximum Gasteiger partial charge on any atom is 0.264 e. The zero-order valence-corrected chi connectivity index (χ0v) is 16.7. The summed E-state index contributed by atoms with van der Waals surface area (Å²) in [6, 6.07) is 12.5. The lowest BCUT2D eigenvalue weighted by Crippen LogP contribution is -2.38. The van der Waals surface area contributed by atoms with E-state index < -0.39 is 0 Å². The Morgan fingerprint density at radius 2 is 2.15 bits per heavy atom. The van der Waals surface area contributed by atoms with E-state index in [0.29, 0.717) is 6.54 Å². The highest BCUT2D eigenvalue weighted by Crippen LogP contribution is 2.34. The van der Waals surface area contributed by atoms with Crippen molar-refractivity contribution in [3.05, 3.63) is 57.9 Å². The number of hydrogen-bond donors (Lipinski definition) is 1. The molecular formula is C22H26N2O2S. The van der Waals surface area contributed by atoms with E-state index in [-0.39, 0.29) is 18.1 Å². The van der Waals surface area contributed by atoms with Gasteiger partial charge in [0.05, 0.1) is 11.0 Å². The molecule has 1 saturated heterocycles. The highest BCUT2D eigenvalue weighted by atomic mass is 32.1. The standard InChI is InChI=1S/C22H26N2O2S/c1-15(2)24(12-11-16-14-23-18-7-4-3-6-17(16)18)22(25)21-10-9-20(27-21)19-8-5-13-26-19/h3-4,6-7,9-10,14-15,19,23H,5,8,11-13H2,1-2H3. The van der Waals surface area contributed by atoms with E-state index in [4.69, 9.17) is 4.74 Å². The average Bonchev–Trinajstić information content (AvgIpc) is 3.41. The minimum atomic E-state index is 0.124. The number of aromatic amines is 1. The van der Waals surface area contributed by atoms with Crippen molar-refractivity contribution in [1.82, 2.24) is 9.88 Å². The van der Waals surface area contributed by atoms with Crippen molar-refractivity contribution in [2.45, 2.75) is 45.3 Å². The fraction of sp³-hybridized carbons (Fsp3) is 0.409. The van der Waals surface area contributed by atoms with Gasteiger partial charge >= 0.3 is 0 Å². The van der Waals surface area contributed by atoms with Gasteiger partial charge in [-0.25, -0.2) is 0 Å². The van der Waals surface area contributed by atoms with Gasteiger partial charge in [0.15, 0.2) is 0 Å². The number of ether oxygens (including phenoxy) is 1. The quantitative estimate of drug-likeness (QED) is 0.639. The van der Waals surface area contributed by atoms with Crippen LogP contribution in [0.25, 0.3) is 10.9 Å². The van der Waals surface area contributed by atoms with Crippen LogP contribution in [-0.4, -0.2) is 35.0 Å². The van der Waals surface area contributed by atoms with Gasteiger partial charge in [-0.2, -0.15) is 0 Å². The number of para-hydroxylation sites is 1. The van der Waals surface area contributed by atoms with Gasteiger partial charge in [-0.15, -0.1) is 11.3 Å². The number of nitrogens with zero attached hydrogens (tertiary/aromatic N) is 1. The molecule has 2 aromatic heterocycles. The molecule has 3 heterocycles. The molecule has 0 saturated carbocycles. The molecule has 1 unspecified atom stereocenters. The minimum Gasteiger partial charge on any atom is -0.373 e. The van der Waals surface area contributed by atoms with Crippen molar-refractivity contribution in [3.8, 4) is 0 Å². The molecule has 1 aliphatic rings. The summed E-state index contributed by atoms with van der Waals surface area (Å²) in [5, 5.41) is 1.24. The smallest absolute Gasteiger partial charge is 0.264 e. The second kappa shape index (κ2) is 7.87. The molecule has 0 spiro atoms. The fourth-order valence-electron chi connectivity index (χ4n) is 3.76. The van der Waals surface area contributed by atoms with Gasteiger partial charge in [-0.05, 0) is 56.9 Å². The Bertz CT molecular complexity index is 921. The summed E-state index contributed by atoms with van der Waals surface area (Å²) in [6.45, 7) is 5.71. The normalized spacial score (nSPS) is 17.1. The predicted molar refractivity (Wildman–Crippen MR) is 110 cm³/mol. The highest BCUT2D eigenvalue weighted by Gasteiger charge is 2.24. The molecule has 1 amide bonds. The molecule has 142 valence electrons. The van der Waals surface area contributed by atoms with Crippen LogP contribution in [0.5, 0.6) is 0 Å². The molecule has 1 fully saturated rings. The topological polar surface area (TPSA) is 45.3 Å². The lowest BCUT2D eigenvalue weighted by Gasteiger charge is -2.26. The number of carbonyl (C=O) groups is 1. The maximum atomic E-state index is 13.1. The lowest BCUT2D eigenvalue weighted by atomic mass is 10.1. The molecule has 1 aromatic carbocycles. The summed E-state index contributed by atoms with van der Waals surface area (Å²) in [7, 11) is 0. The third-order valence-corrected chi connectivity index (χ3v) is 6.43. The van der Waals surface area contributed by atoms with Crippen LogP contribution in [-0.2, 0) is 11.2 Å². The number of carbonyl (C=O) groups excluding carboxylic acids is 1. The van der Waals surface area contributed by atoms with E-state index in [1.165, 1.54) is 15.8 Å². The number of hydrogen-bond acceptors (Lipinski definition) is 3. The fourth-order valence-corrected chi connectivity index (χ4v) is 4.81. The molecule has 27 heavy (non-hydrogen) atoms. The molecule has 4 nitrogen and oxygen atoms in total. The van der Waals surface area contributed by atoms with Crippen LogP contribution in [0.1, 0.15) is 52.9 Å². The average molecular weight is 383 g/mol. The van der Waals surface area contributed by atoms with Crippen LogP contribution >= 0.6 is 11.3 Å². The van der Waals surface area contributed by atoms with Crippen molar-refractivity contribution in [1.29, 1.82) is 0 Å². The first-order valence-corrected chi connectivity index (χ1v) is 10.5. The Kier molecular flexibility index (Phi) is 5.32. The second-order valence-electron chi connectivity index (χ2n) is 7.41. The van der Waals surface area contributed by atoms with Crippen LogP contribution in [0.2, 0.25) is 0 Å². The summed E-state index contributed by atoms with van der Waals surface area (Å²) in [5.74, 6) is 0.124. The molecule has 3 aromatic rings. The molecule has 1 N–H and O–H groups in total. The number of rotatable bonds is 6. The number of H-pyrrole nitrogens is 1. The molecular weight excluding hydrogens is 356 g/mol. The number of aromatic nitrogens is 1. The van der Waals surface area contributed by atoms with E-state index in [9.17, 15) is 4.79 Å². The molecule has 0 radical (unpaired) electrons. The van der Waals surface area contributed by atoms with Crippen molar-refractivity contribution in [2.75, 3.05) is 13.2 Å². The van der Waals surface area contributed by atoms with Crippen LogP contribution in [0.4, 0.5) is 0 Å². The minimum absolute atomic E-state index is 0.124. The summed E-state index contributed by atoms with van der Waals surface area (Å²) >= 11 is 1.59. The maximum absolute atomic E-state index is 13.1. The van der Waals surface area contributed by atoms with Gasteiger partial charge in [0.2, 0.25) is 0 Å². The van der Waals surface area contributed by atoms with E-state index in [2.05, 4.69) is 49.3 Å². The van der Waals surface area contributed by atoms with E-state index in [1.54, 1.807) is 11.3 Å². The summed E-state index contributed by atoms with van der Waals surface area (Å²) in [6.07, 6.45) is 5.25. The molecule has 4 rings (SSSR count). The summed E-state index contributed by atoms with van der Waals surface area (Å²) in [5.41, 5.74) is 2.41. The number of nitrogens with one attached hydrogen (secondary N) is 1. The van der Waals surface area contributed by atoms with Crippen LogP contribution in [0.15, 0.2) is 42.6 Å². The van der Waals surface area contributed by atoms with Crippen molar-refractivity contribution >= 4 is 28.1 Å². The zero-order valence-electron chi connectivity index (χ0n) is 15.9. The highest BCUT2D eigenvalue weighted by molar-refractivity contribution is 7.14. The zero-order chi connectivity index (χ0) is 18.8. The van der Waals surface area contributed by atoms with Gasteiger partial charge in [0, 0.05) is 41.2 Å². The third-order valence-electron chi connectivity index (χ3n) is 5.27. The number of fused-ring (bicyclic) bond motifs is 1. The first-order chi connectivity index (χ1) is 13.1. The molecule has 0 aliphatic carbocycles. The van der Waals surface area contributed by atoms with Gasteiger partial charge in [0.1, 0.15) is 0 Å². The summed E-state index contributed by atoms with van der Waals surface area (Å²) < 4.78 is 5.76.